The molecule has 1 fully saturated rings. The maximum absolute atomic E-state index is 11.9. The van der Waals surface area contributed by atoms with Crippen LogP contribution >= 0.6 is 11.8 Å². The van der Waals surface area contributed by atoms with Crippen molar-refractivity contribution < 1.29 is 5.11 Å². The number of nitrogens with one attached hydrogen (secondary N) is 1. The zero-order chi connectivity index (χ0) is 11.8. The lowest BCUT2D eigenvalue weighted by atomic mass is 10.2. The molecule has 1 atom stereocenters. The lowest BCUT2D eigenvalue weighted by Gasteiger charge is -2.09. The van der Waals surface area contributed by atoms with E-state index in [1.807, 2.05) is 17.8 Å². The van der Waals surface area contributed by atoms with Crippen molar-refractivity contribution in [2.75, 3.05) is 5.75 Å². The van der Waals surface area contributed by atoms with Gasteiger partial charge in [0, 0.05) is 11.8 Å². The Morgan fingerprint density at radius 2 is 2.41 bits per heavy atom. The number of fused-ring (bicyclic) bond motifs is 1. The van der Waals surface area contributed by atoms with Crippen molar-refractivity contribution in [3.63, 3.8) is 0 Å². The summed E-state index contributed by atoms with van der Waals surface area (Å²) in [6, 6.07) is 5.17. The fourth-order valence-electron chi connectivity index (χ4n) is 2.37. The highest BCUT2D eigenvalue weighted by molar-refractivity contribution is 8.00. The van der Waals surface area contributed by atoms with Crippen molar-refractivity contribution in [1.29, 1.82) is 0 Å². The lowest BCUT2D eigenvalue weighted by molar-refractivity contribution is 0.476. The highest BCUT2D eigenvalue weighted by atomic mass is 32.2. The summed E-state index contributed by atoms with van der Waals surface area (Å²) in [5, 5.41) is 10.3. The first-order valence-electron chi connectivity index (χ1n) is 5.78. The average molecular weight is 250 g/mol. The summed E-state index contributed by atoms with van der Waals surface area (Å²) in [4.78, 5) is 14.6. The van der Waals surface area contributed by atoms with Crippen LogP contribution in [-0.2, 0) is 6.54 Å². The van der Waals surface area contributed by atoms with Crippen LogP contribution in [0.2, 0.25) is 0 Å². The molecule has 17 heavy (non-hydrogen) atoms. The Morgan fingerprint density at radius 1 is 1.53 bits per heavy atom. The number of aromatic amines is 1. The number of rotatable bonds is 2. The van der Waals surface area contributed by atoms with Crippen LogP contribution in [0, 0.1) is 0 Å². The molecule has 1 aromatic heterocycles. The maximum Gasteiger partial charge on any atom is 0.326 e. The second kappa shape index (κ2) is 4.14. The van der Waals surface area contributed by atoms with E-state index in [0.717, 1.165) is 6.42 Å². The van der Waals surface area contributed by atoms with Gasteiger partial charge in [0.05, 0.1) is 5.52 Å². The number of benzene rings is 1. The molecule has 2 aromatic rings. The van der Waals surface area contributed by atoms with Crippen molar-refractivity contribution in [2.45, 2.75) is 24.6 Å². The molecule has 1 unspecified atom stereocenters. The summed E-state index contributed by atoms with van der Waals surface area (Å²) >= 11 is 1.91. The van der Waals surface area contributed by atoms with E-state index >= 15 is 0 Å². The zero-order valence-electron chi connectivity index (χ0n) is 9.35. The molecular weight excluding hydrogens is 236 g/mol. The van der Waals surface area contributed by atoms with Gasteiger partial charge in [-0.05, 0) is 30.7 Å². The van der Waals surface area contributed by atoms with Crippen molar-refractivity contribution in [3.8, 4) is 5.75 Å². The summed E-state index contributed by atoms with van der Waals surface area (Å²) < 4.78 is 1.66. The smallest absolute Gasteiger partial charge is 0.326 e. The fourth-order valence-corrected chi connectivity index (χ4v) is 3.62. The molecule has 0 spiro atoms. The number of aromatic nitrogens is 2. The molecular formula is C12H14N2O2S. The summed E-state index contributed by atoms with van der Waals surface area (Å²) in [5.41, 5.74) is 1.21. The molecule has 4 nitrogen and oxygen atoms in total. The van der Waals surface area contributed by atoms with Gasteiger partial charge < -0.3 is 10.1 Å². The average Bonchev–Trinajstić information content (AvgIpc) is 2.89. The largest absolute Gasteiger partial charge is 0.506 e. The monoisotopic (exact) mass is 250 g/mol. The molecule has 90 valence electrons. The Balaban J connectivity index is 2.08. The van der Waals surface area contributed by atoms with E-state index in [4.69, 9.17) is 0 Å². The Labute approximate surface area is 103 Å². The Hall–Kier alpha value is -1.36. The second-order valence-electron chi connectivity index (χ2n) is 4.35. The minimum Gasteiger partial charge on any atom is -0.506 e. The molecule has 3 rings (SSSR count). The minimum absolute atomic E-state index is 0.131. The molecule has 0 amide bonds. The van der Waals surface area contributed by atoms with E-state index in [-0.39, 0.29) is 11.4 Å². The normalized spacial score (nSPS) is 20.1. The van der Waals surface area contributed by atoms with Gasteiger partial charge in [0.2, 0.25) is 0 Å². The van der Waals surface area contributed by atoms with Gasteiger partial charge in [0.25, 0.3) is 0 Å². The van der Waals surface area contributed by atoms with Gasteiger partial charge >= 0.3 is 5.69 Å². The topological polar surface area (TPSA) is 58.0 Å². The first-order valence-corrected chi connectivity index (χ1v) is 6.82. The minimum atomic E-state index is -0.131. The van der Waals surface area contributed by atoms with Crippen LogP contribution in [0.25, 0.3) is 11.0 Å². The molecule has 0 saturated carbocycles. The van der Waals surface area contributed by atoms with Gasteiger partial charge in [0.15, 0.2) is 0 Å². The second-order valence-corrected chi connectivity index (χ2v) is 5.76. The molecule has 1 aromatic carbocycles. The van der Waals surface area contributed by atoms with Crippen LogP contribution in [0.4, 0.5) is 0 Å². The van der Waals surface area contributed by atoms with E-state index in [1.165, 1.54) is 12.2 Å². The highest BCUT2D eigenvalue weighted by Gasteiger charge is 2.19. The Morgan fingerprint density at radius 3 is 3.18 bits per heavy atom. The number of nitrogens with zero attached hydrogens (tertiary/aromatic N) is 1. The van der Waals surface area contributed by atoms with E-state index in [2.05, 4.69) is 4.98 Å². The summed E-state index contributed by atoms with van der Waals surface area (Å²) in [6.07, 6.45) is 2.37. The van der Waals surface area contributed by atoms with Crippen LogP contribution in [0.1, 0.15) is 12.8 Å². The number of H-pyrrole nitrogens is 1. The van der Waals surface area contributed by atoms with Gasteiger partial charge in [-0.15, -0.1) is 0 Å². The number of aromatic hydroxyl groups is 1. The number of phenolic OH excluding ortho intramolecular Hbond substituents is 1. The lowest BCUT2D eigenvalue weighted by Crippen LogP contribution is -2.21. The Bertz CT molecular complexity index is 596. The molecule has 1 saturated heterocycles. The number of hydrogen-bond acceptors (Lipinski definition) is 3. The fraction of sp³-hybridized carbons (Fsp3) is 0.417. The summed E-state index contributed by atoms with van der Waals surface area (Å²) in [5.74, 6) is 1.34. The third-order valence-electron chi connectivity index (χ3n) is 3.18. The first-order chi connectivity index (χ1) is 8.25. The molecule has 1 aliphatic heterocycles. The van der Waals surface area contributed by atoms with E-state index in [0.29, 0.717) is 22.8 Å². The third-order valence-corrected chi connectivity index (χ3v) is 4.56. The van der Waals surface area contributed by atoms with Crippen molar-refractivity contribution in [1.82, 2.24) is 9.55 Å². The first kappa shape index (κ1) is 10.8. The quantitative estimate of drug-likeness (QED) is 0.856. The van der Waals surface area contributed by atoms with E-state index < -0.39 is 0 Å². The van der Waals surface area contributed by atoms with Gasteiger partial charge in [-0.1, -0.05) is 6.07 Å². The molecule has 5 heteroatoms. The number of imidazole rings is 1. The molecule has 0 bridgehead atoms. The standard InChI is InChI=1S/C12H14N2O2S/c15-10-5-1-4-9-11(10)14(12(16)13-9)7-8-3-2-6-17-8/h1,4-5,8,15H,2-3,6-7H2,(H,13,16). The summed E-state index contributed by atoms with van der Waals surface area (Å²) in [6.45, 7) is 0.682. The van der Waals surface area contributed by atoms with E-state index in [1.54, 1.807) is 16.7 Å². The molecule has 2 N–H and O–H groups in total. The van der Waals surface area contributed by atoms with Gasteiger partial charge in [-0.25, -0.2) is 4.79 Å². The van der Waals surface area contributed by atoms with Crippen molar-refractivity contribution in [2.24, 2.45) is 0 Å². The zero-order valence-corrected chi connectivity index (χ0v) is 10.2. The van der Waals surface area contributed by atoms with Crippen LogP contribution in [0.15, 0.2) is 23.0 Å². The molecule has 0 radical (unpaired) electrons. The predicted molar refractivity (Wildman–Crippen MR) is 69.7 cm³/mol. The number of phenols is 1. The van der Waals surface area contributed by atoms with Gasteiger partial charge in [-0.3, -0.25) is 4.57 Å². The van der Waals surface area contributed by atoms with Gasteiger partial charge in [0.1, 0.15) is 11.3 Å². The number of hydrogen-bond donors (Lipinski definition) is 2. The maximum atomic E-state index is 11.9. The van der Waals surface area contributed by atoms with Crippen molar-refractivity contribution in [3.05, 3.63) is 28.7 Å². The van der Waals surface area contributed by atoms with Crippen LogP contribution in [0.3, 0.4) is 0 Å². The van der Waals surface area contributed by atoms with E-state index in [9.17, 15) is 9.90 Å². The SMILES string of the molecule is O=c1[nH]c2cccc(O)c2n1CC1CCCS1. The third kappa shape index (κ3) is 1.84. The van der Waals surface area contributed by atoms with Gasteiger partial charge in [-0.2, -0.15) is 11.8 Å². The summed E-state index contributed by atoms with van der Waals surface area (Å²) in [7, 11) is 0. The van der Waals surface area contributed by atoms with Crippen LogP contribution in [-0.4, -0.2) is 25.7 Å². The van der Waals surface area contributed by atoms with Crippen LogP contribution in [0.5, 0.6) is 5.75 Å². The molecule has 0 aliphatic carbocycles. The van der Waals surface area contributed by atoms with Crippen molar-refractivity contribution >= 4 is 22.8 Å². The number of thioether (sulfide) groups is 1. The number of para-hydroxylation sites is 1. The predicted octanol–water partition coefficient (Wildman–Crippen LogP) is 1.93. The molecule has 2 heterocycles. The highest BCUT2D eigenvalue weighted by Crippen LogP contribution is 2.29. The molecule has 1 aliphatic rings. The van der Waals surface area contributed by atoms with Crippen LogP contribution < -0.4 is 5.69 Å². The Kier molecular flexibility index (Phi) is 2.63.